The van der Waals surface area contributed by atoms with Gasteiger partial charge in [-0.1, -0.05) is 6.07 Å². The van der Waals surface area contributed by atoms with Gasteiger partial charge in [0, 0.05) is 6.54 Å². The third-order valence-corrected chi connectivity index (χ3v) is 3.28. The molecular formula is C15H24N4. The van der Waals surface area contributed by atoms with Crippen LogP contribution in [0.25, 0.3) is 11.0 Å². The highest BCUT2D eigenvalue weighted by molar-refractivity contribution is 5.76. The summed E-state index contributed by atoms with van der Waals surface area (Å²) in [5.41, 5.74) is 9.18. The first kappa shape index (κ1) is 14.0. The molecule has 0 aliphatic heterocycles. The van der Waals surface area contributed by atoms with Crippen LogP contribution in [0.4, 0.5) is 0 Å². The second-order valence-corrected chi connectivity index (χ2v) is 5.41. The molecule has 104 valence electrons. The largest absolute Gasteiger partial charge is 0.330 e. The minimum absolute atomic E-state index is 0.759. The molecule has 0 saturated carbocycles. The molecule has 0 aliphatic rings. The van der Waals surface area contributed by atoms with E-state index >= 15 is 0 Å². The van der Waals surface area contributed by atoms with Crippen molar-refractivity contribution in [2.75, 3.05) is 20.6 Å². The van der Waals surface area contributed by atoms with Crippen LogP contribution in [-0.4, -0.2) is 35.1 Å². The van der Waals surface area contributed by atoms with Crippen molar-refractivity contribution in [3.63, 3.8) is 0 Å². The standard InChI is InChI=1S/C15H24N4/c1-12-6-7-14-13(10-12)17-15(11-18(2)3)19(14)9-5-4-8-16/h6-7,10H,4-5,8-9,11,16H2,1-3H3. The lowest BCUT2D eigenvalue weighted by atomic mass is 10.2. The normalized spacial score (nSPS) is 11.6. The van der Waals surface area contributed by atoms with E-state index in [2.05, 4.69) is 48.7 Å². The lowest BCUT2D eigenvalue weighted by molar-refractivity contribution is 0.380. The van der Waals surface area contributed by atoms with Crippen LogP contribution < -0.4 is 5.73 Å². The highest BCUT2D eigenvalue weighted by Gasteiger charge is 2.11. The maximum atomic E-state index is 5.59. The average molecular weight is 260 g/mol. The van der Waals surface area contributed by atoms with Gasteiger partial charge in [0.2, 0.25) is 0 Å². The fourth-order valence-electron chi connectivity index (χ4n) is 2.36. The molecule has 0 amide bonds. The van der Waals surface area contributed by atoms with Crippen LogP contribution in [0.3, 0.4) is 0 Å². The van der Waals surface area contributed by atoms with Crippen LogP contribution >= 0.6 is 0 Å². The number of hydrogen-bond acceptors (Lipinski definition) is 3. The van der Waals surface area contributed by atoms with Gasteiger partial charge in [0.25, 0.3) is 0 Å². The maximum Gasteiger partial charge on any atom is 0.124 e. The maximum absolute atomic E-state index is 5.59. The molecule has 2 N–H and O–H groups in total. The molecule has 0 bridgehead atoms. The van der Waals surface area contributed by atoms with Crippen LogP contribution in [0.15, 0.2) is 18.2 Å². The van der Waals surface area contributed by atoms with Crippen molar-refractivity contribution in [2.24, 2.45) is 5.73 Å². The molecule has 0 atom stereocenters. The van der Waals surface area contributed by atoms with Crippen molar-refractivity contribution in [3.8, 4) is 0 Å². The first-order chi connectivity index (χ1) is 9.11. The minimum Gasteiger partial charge on any atom is -0.330 e. The molecule has 0 fully saturated rings. The summed E-state index contributed by atoms with van der Waals surface area (Å²) in [7, 11) is 4.16. The molecule has 2 rings (SSSR count). The fourth-order valence-corrected chi connectivity index (χ4v) is 2.36. The molecule has 4 heteroatoms. The van der Waals surface area contributed by atoms with Gasteiger partial charge in [0.15, 0.2) is 0 Å². The number of imidazole rings is 1. The predicted octanol–water partition coefficient (Wildman–Crippen LogP) is 2.15. The van der Waals surface area contributed by atoms with Gasteiger partial charge in [-0.3, -0.25) is 0 Å². The molecule has 0 spiro atoms. The predicted molar refractivity (Wildman–Crippen MR) is 80.1 cm³/mol. The van der Waals surface area contributed by atoms with Crippen LogP contribution in [0.2, 0.25) is 0 Å². The Balaban J connectivity index is 2.36. The number of aromatic nitrogens is 2. The van der Waals surface area contributed by atoms with Gasteiger partial charge < -0.3 is 15.2 Å². The molecule has 1 aromatic heterocycles. The first-order valence-corrected chi connectivity index (χ1v) is 6.92. The molecule has 4 nitrogen and oxygen atoms in total. The number of nitrogens with two attached hydrogens (primary N) is 1. The summed E-state index contributed by atoms with van der Waals surface area (Å²) in [5.74, 6) is 1.14. The molecule has 2 aromatic rings. The van der Waals surface area contributed by atoms with Gasteiger partial charge in [0.05, 0.1) is 17.6 Å². The first-order valence-electron chi connectivity index (χ1n) is 6.92. The summed E-state index contributed by atoms with van der Waals surface area (Å²) in [6.07, 6.45) is 2.17. The topological polar surface area (TPSA) is 47.1 Å². The van der Waals surface area contributed by atoms with Gasteiger partial charge in [0.1, 0.15) is 5.82 Å². The van der Waals surface area contributed by atoms with E-state index in [-0.39, 0.29) is 0 Å². The Labute approximate surface area is 115 Å². The molecule has 0 radical (unpaired) electrons. The van der Waals surface area contributed by atoms with E-state index in [4.69, 9.17) is 10.7 Å². The third-order valence-electron chi connectivity index (χ3n) is 3.28. The Morgan fingerprint density at radius 2 is 2.05 bits per heavy atom. The van der Waals surface area contributed by atoms with E-state index in [0.29, 0.717) is 0 Å². The summed E-state index contributed by atoms with van der Waals surface area (Å²) in [6, 6.07) is 6.50. The molecule has 19 heavy (non-hydrogen) atoms. The van der Waals surface area contributed by atoms with Crippen LogP contribution in [0.1, 0.15) is 24.2 Å². The fraction of sp³-hybridized carbons (Fsp3) is 0.533. The second kappa shape index (κ2) is 6.17. The van der Waals surface area contributed by atoms with E-state index in [9.17, 15) is 0 Å². The van der Waals surface area contributed by atoms with Crippen LogP contribution in [0, 0.1) is 6.92 Å². The number of hydrogen-bond donors (Lipinski definition) is 1. The Kier molecular flexibility index (Phi) is 4.56. The van der Waals surface area contributed by atoms with Crippen LogP contribution in [-0.2, 0) is 13.1 Å². The zero-order chi connectivity index (χ0) is 13.8. The lowest BCUT2D eigenvalue weighted by Gasteiger charge is -2.12. The third kappa shape index (κ3) is 3.33. The highest BCUT2D eigenvalue weighted by Crippen LogP contribution is 2.19. The monoisotopic (exact) mass is 260 g/mol. The number of nitrogens with zero attached hydrogens (tertiary/aromatic N) is 3. The number of rotatable bonds is 6. The summed E-state index contributed by atoms with van der Waals surface area (Å²) in [4.78, 5) is 6.94. The van der Waals surface area contributed by atoms with E-state index in [1.807, 2.05) is 0 Å². The quantitative estimate of drug-likeness (QED) is 0.810. The number of aryl methyl sites for hydroxylation is 2. The molecule has 1 aromatic carbocycles. The van der Waals surface area contributed by atoms with Crippen molar-refractivity contribution in [1.82, 2.24) is 14.5 Å². The number of benzene rings is 1. The minimum atomic E-state index is 0.759. The van der Waals surface area contributed by atoms with Crippen molar-refractivity contribution in [3.05, 3.63) is 29.6 Å². The zero-order valence-corrected chi connectivity index (χ0v) is 12.2. The van der Waals surface area contributed by atoms with Crippen molar-refractivity contribution < 1.29 is 0 Å². The van der Waals surface area contributed by atoms with Gasteiger partial charge in [-0.15, -0.1) is 0 Å². The zero-order valence-electron chi connectivity index (χ0n) is 12.2. The summed E-state index contributed by atoms with van der Waals surface area (Å²) in [5, 5.41) is 0. The summed E-state index contributed by atoms with van der Waals surface area (Å²) >= 11 is 0. The Hall–Kier alpha value is -1.39. The van der Waals surface area contributed by atoms with Gasteiger partial charge in [-0.05, 0) is 58.1 Å². The van der Waals surface area contributed by atoms with Gasteiger partial charge >= 0.3 is 0 Å². The van der Waals surface area contributed by atoms with E-state index in [1.54, 1.807) is 0 Å². The average Bonchev–Trinajstić information content (AvgIpc) is 2.66. The Morgan fingerprint density at radius 3 is 2.74 bits per heavy atom. The Morgan fingerprint density at radius 1 is 1.26 bits per heavy atom. The molecule has 0 unspecified atom stereocenters. The van der Waals surface area contributed by atoms with E-state index < -0.39 is 0 Å². The second-order valence-electron chi connectivity index (χ2n) is 5.41. The van der Waals surface area contributed by atoms with Crippen molar-refractivity contribution in [1.29, 1.82) is 0 Å². The van der Waals surface area contributed by atoms with Crippen molar-refractivity contribution >= 4 is 11.0 Å². The molecule has 1 heterocycles. The van der Waals surface area contributed by atoms with Gasteiger partial charge in [-0.2, -0.15) is 0 Å². The number of fused-ring (bicyclic) bond motifs is 1. The lowest BCUT2D eigenvalue weighted by Crippen LogP contribution is -2.16. The van der Waals surface area contributed by atoms with Crippen molar-refractivity contribution in [2.45, 2.75) is 32.9 Å². The summed E-state index contributed by atoms with van der Waals surface area (Å²) in [6.45, 7) is 4.74. The molecule has 0 saturated heterocycles. The molecular weight excluding hydrogens is 236 g/mol. The van der Waals surface area contributed by atoms with Crippen LogP contribution in [0.5, 0.6) is 0 Å². The highest BCUT2D eigenvalue weighted by atomic mass is 15.2. The number of unbranched alkanes of at least 4 members (excludes halogenated alkanes) is 1. The van der Waals surface area contributed by atoms with Gasteiger partial charge in [-0.25, -0.2) is 4.98 Å². The van der Waals surface area contributed by atoms with E-state index in [1.165, 1.54) is 11.1 Å². The smallest absolute Gasteiger partial charge is 0.124 e. The Bertz CT molecular complexity index is 542. The molecule has 0 aliphatic carbocycles. The van der Waals surface area contributed by atoms with E-state index in [0.717, 1.165) is 43.8 Å². The summed E-state index contributed by atoms with van der Waals surface area (Å²) < 4.78 is 2.34. The SMILES string of the molecule is Cc1ccc2c(c1)nc(CN(C)C)n2CCCCN.